The van der Waals surface area contributed by atoms with E-state index in [-0.39, 0.29) is 0 Å². The Labute approximate surface area is 134 Å². The Bertz CT molecular complexity index is 540. The highest BCUT2D eigenvalue weighted by molar-refractivity contribution is 7.98. The molecule has 1 rings (SSSR count). The fourth-order valence-corrected chi connectivity index (χ4v) is 2.17. The van der Waals surface area contributed by atoms with Crippen molar-refractivity contribution in [2.75, 3.05) is 6.26 Å². The van der Waals surface area contributed by atoms with Crippen molar-refractivity contribution >= 4 is 35.2 Å². The lowest BCUT2D eigenvalue weighted by atomic mass is 10.2. The number of esters is 1. The number of amides is 1. The summed E-state index contributed by atoms with van der Waals surface area (Å²) in [5.74, 6) is -0.873. The molecule has 0 unspecified atom stereocenters. The molecule has 0 fully saturated rings. The van der Waals surface area contributed by atoms with E-state index in [0.29, 0.717) is 10.6 Å². The van der Waals surface area contributed by atoms with Crippen LogP contribution >= 0.6 is 23.4 Å². The number of nitrogens with one attached hydrogen (secondary N) is 1. The number of hydrogen-bond acceptors (Lipinski definition) is 4. The molecule has 1 aromatic carbocycles. The van der Waals surface area contributed by atoms with Crippen molar-refractivity contribution in [3.63, 3.8) is 0 Å². The van der Waals surface area contributed by atoms with Gasteiger partial charge in [-0.3, -0.25) is 4.79 Å². The number of ether oxygens (including phenoxy) is 1. The van der Waals surface area contributed by atoms with Crippen LogP contribution in [0.4, 0.5) is 0 Å². The van der Waals surface area contributed by atoms with Crippen molar-refractivity contribution in [2.24, 2.45) is 0 Å². The smallest absolute Gasteiger partial charge is 0.328 e. The summed E-state index contributed by atoms with van der Waals surface area (Å²) in [6, 6.07) is 4.46. The van der Waals surface area contributed by atoms with Gasteiger partial charge >= 0.3 is 5.97 Å². The molecule has 116 valence electrons. The van der Waals surface area contributed by atoms with Crippen molar-refractivity contribution in [2.45, 2.75) is 44.2 Å². The minimum Gasteiger partial charge on any atom is -0.458 e. The summed E-state index contributed by atoms with van der Waals surface area (Å²) in [4.78, 5) is 25.0. The third-order valence-electron chi connectivity index (χ3n) is 2.53. The van der Waals surface area contributed by atoms with Crippen LogP contribution in [0.25, 0.3) is 0 Å². The molecule has 0 saturated carbocycles. The normalized spacial score (nSPS) is 12.7. The molecule has 1 aromatic rings. The molecule has 0 aromatic heterocycles. The maximum atomic E-state index is 12.2. The van der Waals surface area contributed by atoms with Crippen LogP contribution in [0.1, 0.15) is 38.1 Å². The SMILES string of the molecule is CSc1ccc(Cl)c(C(=O)N[C@@H](C)C(=O)OC(C)(C)C)c1. The van der Waals surface area contributed by atoms with Crippen LogP contribution in [-0.4, -0.2) is 29.8 Å². The average molecular weight is 330 g/mol. The Kier molecular flexibility index (Phi) is 6.10. The van der Waals surface area contributed by atoms with E-state index in [2.05, 4.69) is 5.32 Å². The van der Waals surface area contributed by atoms with Gasteiger partial charge in [-0.25, -0.2) is 4.79 Å². The van der Waals surface area contributed by atoms with Crippen LogP contribution in [0.15, 0.2) is 23.1 Å². The second-order valence-corrected chi connectivity index (χ2v) is 6.86. The molecule has 0 aliphatic carbocycles. The molecule has 0 bridgehead atoms. The molecule has 4 nitrogen and oxygen atoms in total. The molecule has 0 radical (unpaired) electrons. The van der Waals surface area contributed by atoms with Gasteiger partial charge in [0.2, 0.25) is 0 Å². The predicted octanol–water partition coefficient (Wildman–Crippen LogP) is 3.52. The van der Waals surface area contributed by atoms with Gasteiger partial charge in [0.1, 0.15) is 11.6 Å². The van der Waals surface area contributed by atoms with Crippen LogP contribution in [0.2, 0.25) is 5.02 Å². The molecule has 0 heterocycles. The Morgan fingerprint density at radius 2 is 1.95 bits per heavy atom. The maximum Gasteiger partial charge on any atom is 0.328 e. The van der Waals surface area contributed by atoms with E-state index in [1.54, 1.807) is 39.8 Å². The summed E-state index contributed by atoms with van der Waals surface area (Å²) in [5.41, 5.74) is -0.245. The van der Waals surface area contributed by atoms with Crippen LogP contribution in [-0.2, 0) is 9.53 Å². The van der Waals surface area contributed by atoms with Gasteiger partial charge in [0.25, 0.3) is 5.91 Å². The monoisotopic (exact) mass is 329 g/mol. The first-order valence-electron chi connectivity index (χ1n) is 6.51. The van der Waals surface area contributed by atoms with Gasteiger partial charge in [-0.05, 0) is 52.1 Å². The highest BCUT2D eigenvalue weighted by atomic mass is 35.5. The number of rotatable bonds is 4. The average Bonchev–Trinajstić information content (AvgIpc) is 2.37. The molecule has 0 saturated heterocycles. The van der Waals surface area contributed by atoms with E-state index in [4.69, 9.17) is 16.3 Å². The first kappa shape index (κ1) is 17.9. The van der Waals surface area contributed by atoms with Gasteiger partial charge in [-0.1, -0.05) is 11.6 Å². The third-order valence-corrected chi connectivity index (χ3v) is 3.58. The number of carbonyl (C=O) groups excluding carboxylic acids is 2. The molecule has 0 aliphatic rings. The van der Waals surface area contributed by atoms with Gasteiger partial charge < -0.3 is 10.1 Å². The number of hydrogen-bond donors (Lipinski definition) is 1. The molecule has 6 heteroatoms. The largest absolute Gasteiger partial charge is 0.458 e. The third kappa shape index (κ3) is 5.59. The van der Waals surface area contributed by atoms with Crippen molar-refractivity contribution < 1.29 is 14.3 Å². The minimum absolute atomic E-state index is 0.346. The van der Waals surface area contributed by atoms with E-state index in [9.17, 15) is 9.59 Å². The Balaban J connectivity index is 2.79. The topological polar surface area (TPSA) is 55.4 Å². The first-order chi connectivity index (χ1) is 9.64. The molecule has 1 atom stereocenters. The summed E-state index contributed by atoms with van der Waals surface area (Å²) in [5, 5.41) is 2.95. The number of halogens is 1. The second-order valence-electron chi connectivity index (χ2n) is 5.57. The van der Waals surface area contributed by atoms with Crippen LogP contribution in [0.5, 0.6) is 0 Å². The summed E-state index contributed by atoms with van der Waals surface area (Å²) < 4.78 is 5.22. The minimum atomic E-state index is -0.745. The maximum absolute atomic E-state index is 12.2. The fraction of sp³-hybridized carbons (Fsp3) is 0.467. The number of thioether (sulfide) groups is 1. The molecule has 0 aliphatic heterocycles. The fourth-order valence-electron chi connectivity index (χ4n) is 1.53. The van der Waals surface area contributed by atoms with Crippen molar-refractivity contribution in [3.05, 3.63) is 28.8 Å². The van der Waals surface area contributed by atoms with Crippen molar-refractivity contribution in [3.8, 4) is 0 Å². The van der Waals surface area contributed by atoms with E-state index >= 15 is 0 Å². The number of benzene rings is 1. The Hall–Kier alpha value is -1.20. The standard InChI is InChI=1S/C15H20ClNO3S/c1-9(14(19)20-15(2,3)4)17-13(18)11-8-10(21-5)6-7-12(11)16/h6-9H,1-5H3,(H,17,18)/t9-/m0/s1. The van der Waals surface area contributed by atoms with Crippen LogP contribution in [0.3, 0.4) is 0 Å². The van der Waals surface area contributed by atoms with Crippen molar-refractivity contribution in [1.29, 1.82) is 0 Å². The zero-order valence-electron chi connectivity index (χ0n) is 12.8. The van der Waals surface area contributed by atoms with E-state index < -0.39 is 23.5 Å². The van der Waals surface area contributed by atoms with Gasteiger partial charge in [0, 0.05) is 4.90 Å². The molecule has 0 spiro atoms. The Morgan fingerprint density at radius 3 is 2.48 bits per heavy atom. The highest BCUT2D eigenvalue weighted by Gasteiger charge is 2.24. The molecular formula is C15H20ClNO3S. The molecule has 21 heavy (non-hydrogen) atoms. The van der Waals surface area contributed by atoms with Gasteiger partial charge in [0.15, 0.2) is 0 Å². The van der Waals surface area contributed by atoms with Gasteiger partial charge in [0.05, 0.1) is 10.6 Å². The summed E-state index contributed by atoms with van der Waals surface area (Å²) in [7, 11) is 0. The summed E-state index contributed by atoms with van der Waals surface area (Å²) in [6.45, 7) is 6.91. The lowest BCUT2D eigenvalue weighted by Crippen LogP contribution is -2.42. The van der Waals surface area contributed by atoms with Crippen LogP contribution < -0.4 is 5.32 Å². The zero-order chi connectivity index (χ0) is 16.2. The molecule has 1 N–H and O–H groups in total. The zero-order valence-corrected chi connectivity index (χ0v) is 14.4. The second kappa shape index (κ2) is 7.18. The van der Waals surface area contributed by atoms with Crippen LogP contribution in [0, 0.1) is 0 Å². The lowest BCUT2D eigenvalue weighted by molar-refractivity contribution is -0.156. The summed E-state index contributed by atoms with van der Waals surface area (Å²) >= 11 is 7.54. The van der Waals surface area contributed by atoms with Gasteiger partial charge in [-0.2, -0.15) is 0 Å². The van der Waals surface area contributed by atoms with E-state index in [0.717, 1.165) is 4.90 Å². The van der Waals surface area contributed by atoms with Crippen molar-refractivity contribution in [1.82, 2.24) is 5.32 Å². The molecular weight excluding hydrogens is 310 g/mol. The lowest BCUT2D eigenvalue weighted by Gasteiger charge is -2.22. The Morgan fingerprint density at radius 1 is 1.33 bits per heavy atom. The quantitative estimate of drug-likeness (QED) is 0.678. The molecule has 1 amide bonds. The highest BCUT2D eigenvalue weighted by Crippen LogP contribution is 2.23. The van der Waals surface area contributed by atoms with E-state index in [1.807, 2.05) is 12.3 Å². The number of carbonyl (C=O) groups is 2. The first-order valence-corrected chi connectivity index (χ1v) is 8.11. The van der Waals surface area contributed by atoms with E-state index in [1.165, 1.54) is 11.8 Å². The summed E-state index contributed by atoms with van der Waals surface area (Å²) in [6.07, 6.45) is 1.91. The van der Waals surface area contributed by atoms with Gasteiger partial charge in [-0.15, -0.1) is 11.8 Å². The predicted molar refractivity (Wildman–Crippen MR) is 86.0 cm³/mol.